The fourth-order valence-electron chi connectivity index (χ4n) is 2.67. The van der Waals surface area contributed by atoms with Crippen molar-refractivity contribution < 1.29 is 61.3 Å². The Kier molecular flexibility index (Phi) is 39.7. The van der Waals surface area contributed by atoms with Crippen molar-refractivity contribution in [3.05, 3.63) is 0 Å². The molecule has 1 N–H and O–H groups in total. The van der Waals surface area contributed by atoms with Gasteiger partial charge >= 0.3 is 29.6 Å². The second-order valence-corrected chi connectivity index (χ2v) is 7.04. The van der Waals surface area contributed by atoms with Crippen molar-refractivity contribution in [2.75, 3.05) is 20.6 Å². The van der Waals surface area contributed by atoms with Crippen molar-refractivity contribution in [1.82, 2.24) is 0 Å². The van der Waals surface area contributed by atoms with E-state index in [0.717, 1.165) is 6.92 Å². The Morgan fingerprint density at radius 1 is 0.720 bits per heavy atom. The third kappa shape index (κ3) is 45.7. The Morgan fingerprint density at radius 3 is 1.20 bits per heavy atom. The Hall–Kier alpha value is 0.910. The summed E-state index contributed by atoms with van der Waals surface area (Å²) < 4.78 is 0. The zero-order chi connectivity index (χ0) is 17.8. The molecule has 0 aliphatic carbocycles. The summed E-state index contributed by atoms with van der Waals surface area (Å²) in [4.78, 5) is 10.5. The molecule has 0 saturated carbocycles. The third-order valence-corrected chi connectivity index (χ3v) is 4.03. The van der Waals surface area contributed by atoms with E-state index in [1.165, 1.54) is 96.4 Å². The normalized spacial score (nSPS) is 9.64. The number of hydrogen-bond acceptors (Lipinski definition) is 2. The van der Waals surface area contributed by atoms with Crippen LogP contribution in [0.1, 0.15) is 104 Å². The molecule has 5 heteroatoms. The van der Waals surface area contributed by atoms with E-state index < -0.39 is 5.97 Å². The number of quaternary nitrogens is 1. The van der Waals surface area contributed by atoms with Crippen molar-refractivity contribution in [3.63, 3.8) is 0 Å². The van der Waals surface area contributed by atoms with Gasteiger partial charge in [-0.1, -0.05) is 84.0 Å². The van der Waals surface area contributed by atoms with E-state index in [2.05, 4.69) is 21.0 Å². The second kappa shape index (κ2) is 29.7. The van der Waals surface area contributed by atoms with Gasteiger partial charge in [0.1, 0.15) is 0 Å². The maximum atomic E-state index is 8.89. The van der Waals surface area contributed by atoms with Crippen LogP contribution in [0.4, 0.5) is 0 Å². The minimum absolute atomic E-state index is 0. The molecule has 0 saturated heterocycles. The number of unbranched alkanes of at least 4 members (excludes halogenated alkanes) is 13. The van der Waals surface area contributed by atoms with E-state index in [1.807, 2.05) is 0 Å². The molecule has 0 atom stereocenters. The first-order chi connectivity index (χ1) is 11.0. The Bertz CT molecular complexity index is 238. The summed E-state index contributed by atoms with van der Waals surface area (Å²) in [6, 6.07) is 0. The fraction of sp³-hybridized carbons (Fsp3) is 0.950. The van der Waals surface area contributed by atoms with E-state index in [9.17, 15) is 0 Å². The zero-order valence-electron chi connectivity index (χ0n) is 17.8. The summed E-state index contributed by atoms with van der Waals surface area (Å²) in [5.41, 5.74) is 0. The molecule has 0 aromatic heterocycles. The van der Waals surface area contributed by atoms with Gasteiger partial charge in [-0.25, -0.2) is 0 Å². The molecule has 0 unspecified atom stereocenters. The van der Waals surface area contributed by atoms with Crippen LogP contribution in [0.2, 0.25) is 0 Å². The van der Waals surface area contributed by atoms with Gasteiger partial charge in [-0.3, -0.25) is 0 Å². The van der Waals surface area contributed by atoms with E-state index >= 15 is 0 Å². The first kappa shape index (κ1) is 33.5. The number of carbonyl (C=O) groups is 1. The van der Waals surface area contributed by atoms with Crippen LogP contribution in [0.5, 0.6) is 0 Å². The minimum Gasteiger partial charge on any atom is -1.00 e. The van der Waals surface area contributed by atoms with Gasteiger partial charge in [0.05, 0.1) is 20.6 Å². The van der Waals surface area contributed by atoms with Gasteiger partial charge in [-0.2, -0.15) is 0 Å². The Morgan fingerprint density at radius 2 is 0.960 bits per heavy atom. The first-order valence-electron chi connectivity index (χ1n) is 9.97. The largest absolute Gasteiger partial charge is 1.00 e. The third-order valence-electron chi connectivity index (χ3n) is 4.03. The standard InChI is InChI=1S/C18H39N.C2H4O2.BrH.Na/c1-4-5-6-7-8-9-10-11-12-13-14-15-16-17-18-19(2)3;1-2(3)4;;/h4-18H2,1-3H3;1H3,(H,3,4);1H;/q;;;+1/p-1. The molecular formula is C20H43BrNNaO2. The molecular weight excluding hydrogens is 389 g/mol. The van der Waals surface area contributed by atoms with Crippen LogP contribution in [0.3, 0.4) is 0 Å². The molecule has 0 radical (unpaired) electrons. The fourth-order valence-corrected chi connectivity index (χ4v) is 2.67. The summed E-state index contributed by atoms with van der Waals surface area (Å²) in [7, 11) is 4.50. The summed E-state index contributed by atoms with van der Waals surface area (Å²) in [6.07, 6.45) is 20.4. The van der Waals surface area contributed by atoms with Crippen molar-refractivity contribution in [1.29, 1.82) is 0 Å². The van der Waals surface area contributed by atoms with Crippen LogP contribution in [0.25, 0.3) is 0 Å². The van der Waals surface area contributed by atoms with Gasteiger partial charge in [0.25, 0.3) is 0 Å². The number of aliphatic carboxylic acids is 1. The number of carboxylic acid groups (broad SMARTS) is 1. The molecule has 0 spiro atoms. The molecule has 3 nitrogen and oxygen atoms in total. The van der Waals surface area contributed by atoms with Crippen molar-refractivity contribution in [2.45, 2.75) is 104 Å². The van der Waals surface area contributed by atoms with Crippen LogP contribution in [0, 0.1) is 0 Å². The van der Waals surface area contributed by atoms with Crippen LogP contribution < -0.4 is 56.5 Å². The van der Waals surface area contributed by atoms with Gasteiger partial charge < -0.3 is 31.8 Å². The van der Waals surface area contributed by atoms with Gasteiger partial charge in [0.2, 0.25) is 0 Å². The summed E-state index contributed by atoms with van der Waals surface area (Å²) in [5, 5.41) is 8.89. The molecule has 0 rings (SSSR count). The maximum absolute atomic E-state index is 8.89. The van der Waals surface area contributed by atoms with E-state index in [-0.39, 0.29) is 46.5 Å². The number of hydrogen-bond donors (Lipinski definition) is 1. The summed E-state index contributed by atoms with van der Waals surface area (Å²) >= 11 is 0. The molecule has 0 amide bonds. The molecule has 0 heterocycles. The molecule has 0 aliphatic rings. The molecule has 25 heavy (non-hydrogen) atoms. The number of nitrogens with one attached hydrogen (secondary N) is 1. The summed E-state index contributed by atoms with van der Waals surface area (Å²) in [6.45, 7) is 4.61. The topological polar surface area (TPSA) is 44.6 Å². The average molecular weight is 432 g/mol. The van der Waals surface area contributed by atoms with Crippen molar-refractivity contribution in [2.24, 2.45) is 0 Å². The van der Waals surface area contributed by atoms with E-state index in [1.54, 1.807) is 4.90 Å². The molecule has 0 aliphatic heterocycles. The molecule has 0 fully saturated rings. The second-order valence-electron chi connectivity index (χ2n) is 7.04. The van der Waals surface area contributed by atoms with Crippen LogP contribution >= 0.6 is 0 Å². The minimum atomic E-state index is -1.08. The van der Waals surface area contributed by atoms with Gasteiger partial charge in [0, 0.05) is 5.97 Å². The van der Waals surface area contributed by atoms with E-state index in [0.29, 0.717) is 0 Å². The van der Waals surface area contributed by atoms with Crippen molar-refractivity contribution in [3.8, 4) is 0 Å². The van der Waals surface area contributed by atoms with Gasteiger partial charge in [0.15, 0.2) is 0 Å². The number of rotatable bonds is 15. The van der Waals surface area contributed by atoms with Gasteiger partial charge in [-0.05, 0) is 19.8 Å². The average Bonchev–Trinajstić information content (AvgIpc) is 2.47. The monoisotopic (exact) mass is 431 g/mol. The SMILES string of the molecule is CC(=O)[O-].CCCCCCCCCCCCCCCC[NH+](C)C.[Br-].[Na+]. The van der Waals surface area contributed by atoms with E-state index in [4.69, 9.17) is 9.90 Å². The van der Waals surface area contributed by atoms with Crippen LogP contribution in [-0.4, -0.2) is 26.6 Å². The molecule has 0 aromatic rings. The predicted molar refractivity (Wildman–Crippen MR) is 98.7 cm³/mol. The zero-order valence-corrected chi connectivity index (χ0v) is 21.4. The quantitative estimate of drug-likeness (QED) is 0.228. The Labute approximate surface area is 190 Å². The van der Waals surface area contributed by atoms with Crippen LogP contribution in [0.15, 0.2) is 0 Å². The maximum Gasteiger partial charge on any atom is 1.00 e. The predicted octanol–water partition coefficient (Wildman–Crippen LogP) is -2.62. The van der Waals surface area contributed by atoms with Gasteiger partial charge in [-0.15, -0.1) is 0 Å². The summed E-state index contributed by atoms with van der Waals surface area (Å²) in [5.74, 6) is -1.08. The number of carboxylic acids is 1. The Balaban J connectivity index is -0.000000330. The molecule has 0 bridgehead atoms. The smallest absolute Gasteiger partial charge is 1.00 e. The molecule has 0 aromatic carbocycles. The first-order valence-corrected chi connectivity index (χ1v) is 9.97. The number of halogens is 1. The molecule has 148 valence electrons. The number of carbonyl (C=O) groups excluding carboxylic acids is 1. The van der Waals surface area contributed by atoms with Crippen molar-refractivity contribution >= 4 is 5.97 Å². The van der Waals surface area contributed by atoms with Crippen LogP contribution in [-0.2, 0) is 4.79 Å².